The lowest BCUT2D eigenvalue weighted by molar-refractivity contribution is -0.109. The number of carbonyl (C=O) groups excluding carboxylic acids is 2. The molecule has 3 rings (SSSR count). The van der Waals surface area contributed by atoms with Crippen molar-refractivity contribution >= 4 is 12.1 Å². The van der Waals surface area contributed by atoms with Gasteiger partial charge in [0, 0.05) is 5.56 Å². The number of ketones is 1. The van der Waals surface area contributed by atoms with E-state index >= 15 is 0 Å². The van der Waals surface area contributed by atoms with E-state index in [1.807, 2.05) is 0 Å². The molecule has 0 aromatic heterocycles. The average molecular weight is 254 g/mol. The SMILES string of the molecule is O=CC1c2ccccc2C(=O)C1c1ccccc1F. The molecule has 2 nitrogen and oxygen atoms in total. The van der Waals surface area contributed by atoms with Crippen molar-refractivity contribution in [1.82, 2.24) is 0 Å². The number of carbonyl (C=O) groups is 2. The Morgan fingerprint density at radius 2 is 1.58 bits per heavy atom. The Labute approximate surface area is 109 Å². The Bertz CT molecular complexity index is 663. The van der Waals surface area contributed by atoms with Crippen LogP contribution < -0.4 is 0 Å². The standard InChI is InChI=1S/C16H11FO2/c17-14-8-4-3-7-12(14)15-13(9-18)10-5-1-2-6-11(10)16(15)19/h1-9,13,15H. The molecular formula is C16H11FO2. The minimum Gasteiger partial charge on any atom is -0.303 e. The van der Waals surface area contributed by atoms with Crippen molar-refractivity contribution in [2.45, 2.75) is 11.8 Å². The molecule has 0 radical (unpaired) electrons. The van der Waals surface area contributed by atoms with Crippen LogP contribution in [-0.4, -0.2) is 12.1 Å². The van der Waals surface area contributed by atoms with E-state index in [0.29, 0.717) is 16.7 Å². The molecule has 0 spiro atoms. The molecule has 0 bridgehead atoms. The van der Waals surface area contributed by atoms with E-state index in [4.69, 9.17) is 0 Å². The first kappa shape index (κ1) is 11.8. The molecule has 0 fully saturated rings. The van der Waals surface area contributed by atoms with E-state index < -0.39 is 17.7 Å². The monoisotopic (exact) mass is 254 g/mol. The van der Waals surface area contributed by atoms with Gasteiger partial charge in [0.05, 0.1) is 11.8 Å². The molecule has 19 heavy (non-hydrogen) atoms. The van der Waals surface area contributed by atoms with Gasteiger partial charge >= 0.3 is 0 Å². The van der Waals surface area contributed by atoms with Crippen LogP contribution in [0.2, 0.25) is 0 Å². The maximum Gasteiger partial charge on any atom is 0.171 e. The zero-order valence-corrected chi connectivity index (χ0v) is 10.0. The molecule has 2 atom stereocenters. The van der Waals surface area contributed by atoms with E-state index in [2.05, 4.69) is 0 Å². The molecule has 3 heteroatoms. The van der Waals surface area contributed by atoms with Gasteiger partial charge in [-0.2, -0.15) is 0 Å². The highest BCUT2D eigenvalue weighted by atomic mass is 19.1. The highest BCUT2D eigenvalue weighted by Crippen LogP contribution is 2.43. The normalized spacial score (nSPS) is 21.2. The summed E-state index contributed by atoms with van der Waals surface area (Å²) in [6.07, 6.45) is 0.737. The molecule has 0 saturated heterocycles. The Morgan fingerprint density at radius 3 is 2.26 bits per heavy atom. The molecule has 1 aliphatic rings. The molecule has 2 aromatic carbocycles. The van der Waals surface area contributed by atoms with Crippen LogP contribution in [0.5, 0.6) is 0 Å². The topological polar surface area (TPSA) is 34.1 Å². The summed E-state index contributed by atoms with van der Waals surface area (Å²) in [6, 6.07) is 13.1. The number of hydrogen-bond acceptors (Lipinski definition) is 2. The zero-order valence-electron chi connectivity index (χ0n) is 10.0. The number of fused-ring (bicyclic) bond motifs is 1. The number of rotatable bonds is 2. The summed E-state index contributed by atoms with van der Waals surface area (Å²) in [6.45, 7) is 0. The smallest absolute Gasteiger partial charge is 0.171 e. The molecule has 2 unspecified atom stereocenters. The van der Waals surface area contributed by atoms with Crippen molar-refractivity contribution < 1.29 is 14.0 Å². The van der Waals surface area contributed by atoms with Gasteiger partial charge in [-0.05, 0) is 17.2 Å². The van der Waals surface area contributed by atoms with Crippen molar-refractivity contribution in [3.05, 3.63) is 71.0 Å². The molecule has 0 saturated carbocycles. The number of aldehydes is 1. The van der Waals surface area contributed by atoms with E-state index in [-0.39, 0.29) is 5.78 Å². The van der Waals surface area contributed by atoms with Gasteiger partial charge in [0.25, 0.3) is 0 Å². The lowest BCUT2D eigenvalue weighted by atomic mass is 9.87. The molecule has 94 valence electrons. The van der Waals surface area contributed by atoms with Gasteiger partial charge in [-0.1, -0.05) is 42.5 Å². The van der Waals surface area contributed by atoms with Gasteiger partial charge in [-0.15, -0.1) is 0 Å². The summed E-state index contributed by atoms with van der Waals surface area (Å²) in [4.78, 5) is 23.7. The second-order valence-electron chi connectivity index (χ2n) is 4.61. The van der Waals surface area contributed by atoms with E-state index in [1.165, 1.54) is 6.07 Å². The van der Waals surface area contributed by atoms with Crippen molar-refractivity contribution in [1.29, 1.82) is 0 Å². The van der Waals surface area contributed by atoms with Gasteiger partial charge in [0.15, 0.2) is 5.78 Å². The average Bonchev–Trinajstić information content (AvgIpc) is 2.73. The first-order chi connectivity index (χ1) is 9.24. The third kappa shape index (κ3) is 1.70. The van der Waals surface area contributed by atoms with Gasteiger partial charge < -0.3 is 4.79 Å². The second kappa shape index (κ2) is 4.43. The third-order valence-electron chi connectivity index (χ3n) is 3.61. The number of hydrogen-bond donors (Lipinski definition) is 0. The van der Waals surface area contributed by atoms with Crippen LogP contribution in [0.3, 0.4) is 0 Å². The summed E-state index contributed by atoms with van der Waals surface area (Å²) >= 11 is 0. The van der Waals surface area contributed by atoms with Crippen molar-refractivity contribution in [3.8, 4) is 0 Å². The fourth-order valence-corrected chi connectivity index (χ4v) is 2.74. The number of benzene rings is 2. The maximum absolute atomic E-state index is 13.9. The van der Waals surface area contributed by atoms with E-state index in [1.54, 1.807) is 42.5 Å². The van der Waals surface area contributed by atoms with Crippen LogP contribution in [0.4, 0.5) is 4.39 Å². The molecular weight excluding hydrogens is 243 g/mol. The highest BCUT2D eigenvalue weighted by Gasteiger charge is 2.41. The summed E-state index contributed by atoms with van der Waals surface area (Å²) in [5.41, 5.74) is 1.50. The summed E-state index contributed by atoms with van der Waals surface area (Å²) in [5.74, 6) is -1.96. The fourth-order valence-electron chi connectivity index (χ4n) is 2.74. The highest BCUT2D eigenvalue weighted by molar-refractivity contribution is 6.09. The van der Waals surface area contributed by atoms with Crippen molar-refractivity contribution in [2.24, 2.45) is 0 Å². The molecule has 0 aliphatic heterocycles. The van der Waals surface area contributed by atoms with Crippen LogP contribution in [0.25, 0.3) is 0 Å². The molecule has 0 N–H and O–H groups in total. The van der Waals surface area contributed by atoms with Crippen LogP contribution in [-0.2, 0) is 4.79 Å². The fraction of sp³-hybridized carbons (Fsp3) is 0.125. The summed E-state index contributed by atoms with van der Waals surface area (Å²) in [7, 11) is 0. The van der Waals surface area contributed by atoms with Crippen LogP contribution in [0.1, 0.15) is 33.3 Å². The second-order valence-corrected chi connectivity index (χ2v) is 4.61. The number of halogens is 1. The van der Waals surface area contributed by atoms with Gasteiger partial charge in [0.2, 0.25) is 0 Å². The van der Waals surface area contributed by atoms with Crippen molar-refractivity contribution in [3.63, 3.8) is 0 Å². The lowest BCUT2D eigenvalue weighted by Crippen LogP contribution is -2.14. The quantitative estimate of drug-likeness (QED) is 0.772. The Balaban J connectivity index is 2.17. The first-order valence-corrected chi connectivity index (χ1v) is 6.07. The Kier molecular flexibility index (Phi) is 2.75. The van der Waals surface area contributed by atoms with Crippen molar-refractivity contribution in [2.75, 3.05) is 0 Å². The van der Waals surface area contributed by atoms with Crippen LogP contribution >= 0.6 is 0 Å². The van der Waals surface area contributed by atoms with Gasteiger partial charge in [-0.25, -0.2) is 4.39 Å². The van der Waals surface area contributed by atoms with E-state index in [9.17, 15) is 14.0 Å². The summed E-state index contributed by atoms with van der Waals surface area (Å²) < 4.78 is 13.9. The zero-order chi connectivity index (χ0) is 13.4. The minimum absolute atomic E-state index is 0.183. The Morgan fingerprint density at radius 1 is 0.947 bits per heavy atom. The van der Waals surface area contributed by atoms with Crippen LogP contribution in [0, 0.1) is 5.82 Å². The largest absolute Gasteiger partial charge is 0.303 e. The molecule has 1 aliphatic carbocycles. The molecule has 0 amide bonds. The minimum atomic E-state index is -0.740. The molecule has 2 aromatic rings. The Hall–Kier alpha value is -2.29. The predicted octanol–water partition coefficient (Wildman–Crippen LogP) is 3.09. The third-order valence-corrected chi connectivity index (χ3v) is 3.61. The maximum atomic E-state index is 13.9. The van der Waals surface area contributed by atoms with Gasteiger partial charge in [-0.3, -0.25) is 4.79 Å². The first-order valence-electron chi connectivity index (χ1n) is 6.07. The summed E-state index contributed by atoms with van der Waals surface area (Å²) in [5, 5.41) is 0. The lowest BCUT2D eigenvalue weighted by Gasteiger charge is -2.14. The van der Waals surface area contributed by atoms with Gasteiger partial charge in [0.1, 0.15) is 12.1 Å². The predicted molar refractivity (Wildman–Crippen MR) is 68.7 cm³/mol. The molecule has 0 heterocycles. The van der Waals surface area contributed by atoms with E-state index in [0.717, 1.165) is 6.29 Å². The number of Topliss-reactive ketones (excluding diaryl/α,β-unsaturated/α-hetero) is 1. The van der Waals surface area contributed by atoms with Crippen LogP contribution in [0.15, 0.2) is 48.5 Å².